The third-order valence-corrected chi connectivity index (χ3v) is 3.00. The van der Waals surface area contributed by atoms with E-state index in [0.717, 1.165) is 16.0 Å². The van der Waals surface area contributed by atoms with Crippen molar-refractivity contribution in [3.63, 3.8) is 0 Å². The van der Waals surface area contributed by atoms with E-state index in [1.807, 2.05) is 48.7 Å². The van der Waals surface area contributed by atoms with Crippen LogP contribution in [0.3, 0.4) is 0 Å². The Morgan fingerprint density at radius 2 is 1.93 bits per heavy atom. The largest absolute Gasteiger partial charge is 0.288 e. The van der Waals surface area contributed by atoms with Gasteiger partial charge in [-0.15, -0.1) is 11.3 Å². The summed E-state index contributed by atoms with van der Waals surface area (Å²) in [7, 11) is 0. The predicted molar refractivity (Wildman–Crippen MR) is 58.9 cm³/mol. The lowest BCUT2D eigenvalue weighted by molar-refractivity contribution is 0.104. The van der Waals surface area contributed by atoms with Crippen LogP contribution >= 0.6 is 11.3 Å². The zero-order chi connectivity index (χ0) is 9.97. The highest BCUT2D eigenvalue weighted by atomic mass is 32.1. The van der Waals surface area contributed by atoms with E-state index in [9.17, 15) is 4.79 Å². The Hall–Kier alpha value is -1.41. The van der Waals surface area contributed by atoms with Crippen LogP contribution in [0.15, 0.2) is 41.8 Å². The zero-order valence-corrected chi connectivity index (χ0v) is 8.67. The van der Waals surface area contributed by atoms with Crippen molar-refractivity contribution in [3.8, 4) is 0 Å². The summed E-state index contributed by atoms with van der Waals surface area (Å²) in [4.78, 5) is 12.7. The van der Waals surface area contributed by atoms with Gasteiger partial charge in [-0.3, -0.25) is 4.79 Å². The van der Waals surface area contributed by atoms with Gasteiger partial charge in [-0.25, -0.2) is 0 Å². The molecule has 0 saturated carbocycles. The van der Waals surface area contributed by atoms with Crippen LogP contribution in [0.25, 0.3) is 0 Å². The average Bonchev–Trinajstić information content (AvgIpc) is 2.70. The lowest BCUT2D eigenvalue weighted by Gasteiger charge is -2.01. The molecular weight excluding hydrogens is 192 g/mol. The van der Waals surface area contributed by atoms with Gasteiger partial charge in [-0.2, -0.15) is 0 Å². The highest BCUT2D eigenvalue weighted by Crippen LogP contribution is 2.17. The van der Waals surface area contributed by atoms with Gasteiger partial charge in [0.05, 0.1) is 4.88 Å². The molecule has 0 aliphatic heterocycles. The first-order valence-electron chi connectivity index (χ1n) is 4.43. The molecule has 2 aromatic rings. The summed E-state index contributed by atoms with van der Waals surface area (Å²) in [5.74, 6) is 0.123. The Labute approximate surface area is 87.0 Å². The Bertz CT molecular complexity index is 443. The van der Waals surface area contributed by atoms with Crippen LogP contribution in [0, 0.1) is 6.92 Å². The first kappa shape index (κ1) is 9.16. The van der Waals surface area contributed by atoms with Gasteiger partial charge in [0.15, 0.2) is 0 Å². The molecule has 70 valence electrons. The van der Waals surface area contributed by atoms with Gasteiger partial charge in [0.25, 0.3) is 0 Å². The molecule has 1 aromatic heterocycles. The highest BCUT2D eigenvalue weighted by molar-refractivity contribution is 7.12. The normalized spacial score (nSPS) is 10.1. The van der Waals surface area contributed by atoms with Crippen molar-refractivity contribution >= 4 is 17.1 Å². The molecule has 0 unspecified atom stereocenters. The molecule has 1 heterocycles. The topological polar surface area (TPSA) is 17.1 Å². The van der Waals surface area contributed by atoms with E-state index in [2.05, 4.69) is 0 Å². The minimum atomic E-state index is 0.123. The average molecular weight is 202 g/mol. The fraction of sp³-hybridized carbons (Fsp3) is 0.0833. The molecule has 14 heavy (non-hydrogen) atoms. The van der Waals surface area contributed by atoms with E-state index in [4.69, 9.17) is 0 Å². The Morgan fingerprint density at radius 1 is 1.14 bits per heavy atom. The van der Waals surface area contributed by atoms with E-state index in [1.165, 1.54) is 11.3 Å². The maximum absolute atomic E-state index is 11.9. The van der Waals surface area contributed by atoms with Crippen LogP contribution in [-0.2, 0) is 0 Å². The maximum Gasteiger partial charge on any atom is 0.203 e. The van der Waals surface area contributed by atoms with Crippen molar-refractivity contribution in [2.45, 2.75) is 6.92 Å². The lowest BCUT2D eigenvalue weighted by Crippen LogP contribution is -2.00. The molecule has 0 amide bonds. The van der Waals surface area contributed by atoms with Crippen LogP contribution in [0.4, 0.5) is 0 Å². The van der Waals surface area contributed by atoms with E-state index < -0.39 is 0 Å². The molecule has 0 spiro atoms. The Kier molecular flexibility index (Phi) is 2.46. The first-order valence-corrected chi connectivity index (χ1v) is 5.31. The second kappa shape index (κ2) is 3.76. The Morgan fingerprint density at radius 3 is 2.57 bits per heavy atom. The zero-order valence-electron chi connectivity index (χ0n) is 7.86. The number of aryl methyl sites for hydroxylation is 1. The molecule has 1 aromatic carbocycles. The van der Waals surface area contributed by atoms with Gasteiger partial charge >= 0.3 is 0 Å². The van der Waals surface area contributed by atoms with E-state index in [1.54, 1.807) is 0 Å². The Balaban J connectivity index is 2.42. The molecule has 0 saturated heterocycles. The molecule has 0 aliphatic carbocycles. The van der Waals surface area contributed by atoms with Crippen molar-refractivity contribution in [1.82, 2.24) is 0 Å². The summed E-state index contributed by atoms with van der Waals surface area (Å²) in [5, 5.41) is 1.92. The molecule has 0 fully saturated rings. The molecule has 0 atom stereocenters. The predicted octanol–water partition coefficient (Wildman–Crippen LogP) is 3.29. The van der Waals surface area contributed by atoms with Gasteiger partial charge in [-0.1, -0.05) is 30.3 Å². The van der Waals surface area contributed by atoms with Gasteiger partial charge in [0.1, 0.15) is 0 Å². The minimum absolute atomic E-state index is 0.123. The number of rotatable bonds is 2. The van der Waals surface area contributed by atoms with Gasteiger partial charge in [0.2, 0.25) is 5.78 Å². The van der Waals surface area contributed by atoms with E-state index in [-0.39, 0.29) is 5.78 Å². The van der Waals surface area contributed by atoms with Crippen LogP contribution < -0.4 is 0 Å². The SMILES string of the molecule is Cc1ccccc1C(=O)c1cccs1. The number of ketones is 1. The van der Waals surface area contributed by atoms with Crippen LogP contribution in [0.5, 0.6) is 0 Å². The summed E-state index contributed by atoms with van der Waals surface area (Å²) < 4.78 is 0. The fourth-order valence-electron chi connectivity index (χ4n) is 1.37. The number of hydrogen-bond acceptors (Lipinski definition) is 2. The van der Waals surface area contributed by atoms with Crippen LogP contribution in [-0.4, -0.2) is 5.78 Å². The minimum Gasteiger partial charge on any atom is -0.288 e. The first-order chi connectivity index (χ1) is 6.79. The second-order valence-corrected chi connectivity index (χ2v) is 4.07. The summed E-state index contributed by atoms with van der Waals surface area (Å²) in [6.45, 7) is 1.96. The van der Waals surface area contributed by atoms with Crippen molar-refractivity contribution < 1.29 is 4.79 Å². The second-order valence-electron chi connectivity index (χ2n) is 3.12. The quantitative estimate of drug-likeness (QED) is 0.683. The summed E-state index contributed by atoms with van der Waals surface area (Å²) >= 11 is 1.49. The van der Waals surface area contributed by atoms with Crippen LogP contribution in [0.2, 0.25) is 0 Å². The third-order valence-electron chi connectivity index (χ3n) is 2.13. The molecule has 0 aliphatic rings. The fourth-order valence-corrected chi connectivity index (χ4v) is 2.05. The molecular formula is C12H10OS. The van der Waals surface area contributed by atoms with E-state index >= 15 is 0 Å². The third kappa shape index (κ3) is 1.61. The smallest absolute Gasteiger partial charge is 0.203 e. The molecule has 2 heteroatoms. The summed E-state index contributed by atoms with van der Waals surface area (Å²) in [6.07, 6.45) is 0. The van der Waals surface area contributed by atoms with Crippen molar-refractivity contribution in [1.29, 1.82) is 0 Å². The van der Waals surface area contributed by atoms with Crippen molar-refractivity contribution in [2.24, 2.45) is 0 Å². The number of benzene rings is 1. The van der Waals surface area contributed by atoms with Crippen molar-refractivity contribution in [2.75, 3.05) is 0 Å². The molecule has 0 N–H and O–H groups in total. The number of hydrogen-bond donors (Lipinski definition) is 0. The van der Waals surface area contributed by atoms with Gasteiger partial charge in [-0.05, 0) is 23.9 Å². The van der Waals surface area contributed by atoms with Crippen molar-refractivity contribution in [3.05, 3.63) is 57.8 Å². The number of carbonyl (C=O) groups is 1. The van der Waals surface area contributed by atoms with Crippen LogP contribution in [0.1, 0.15) is 20.8 Å². The number of carbonyl (C=O) groups excluding carboxylic acids is 1. The molecule has 0 bridgehead atoms. The van der Waals surface area contributed by atoms with Gasteiger partial charge < -0.3 is 0 Å². The monoisotopic (exact) mass is 202 g/mol. The molecule has 0 radical (unpaired) electrons. The summed E-state index contributed by atoms with van der Waals surface area (Å²) in [5.41, 5.74) is 1.83. The summed E-state index contributed by atoms with van der Waals surface area (Å²) in [6, 6.07) is 11.4. The van der Waals surface area contributed by atoms with Gasteiger partial charge in [0, 0.05) is 5.56 Å². The maximum atomic E-state index is 11.9. The molecule has 2 rings (SSSR count). The van der Waals surface area contributed by atoms with E-state index in [0.29, 0.717) is 0 Å². The molecule has 1 nitrogen and oxygen atoms in total. The highest BCUT2D eigenvalue weighted by Gasteiger charge is 2.11. The standard InChI is InChI=1S/C12H10OS/c1-9-5-2-3-6-10(9)12(13)11-7-4-8-14-11/h2-8H,1H3. The number of thiophene rings is 1. The lowest BCUT2D eigenvalue weighted by atomic mass is 10.0.